The van der Waals surface area contributed by atoms with Crippen LogP contribution in [0, 0.1) is 0 Å². The molecule has 0 N–H and O–H groups in total. The van der Waals surface area contributed by atoms with Crippen molar-refractivity contribution < 1.29 is 0 Å². The molecule has 0 saturated heterocycles. The molecule has 0 radical (unpaired) electrons. The summed E-state index contributed by atoms with van der Waals surface area (Å²) in [7, 11) is 0. The Hall–Kier alpha value is -5.96. The first-order valence-electron chi connectivity index (χ1n) is 17.8. The standard InChI is InChI=1S/C50H37NS/c1-33(35-18-7-4-8-19-35)32-45(36-20-9-5-10-21-36)51-34(2)38-26-17-29-43-48(38)39-24-13-15-27-41(39)50(43)42-28-16-14-25-40(42)49-44(50)30-31-46(52-3)47(49)37-22-11-6-12-23-37/h4-32H,1H2,2-3H3/b45-32-,51-34?. The number of allylic oxidation sites excluding steroid dienone is 2. The molecule has 0 aliphatic heterocycles. The third-order valence-electron chi connectivity index (χ3n) is 10.7. The summed E-state index contributed by atoms with van der Waals surface area (Å²) in [6.45, 7) is 6.60. The molecular weight excluding hydrogens is 647 g/mol. The van der Waals surface area contributed by atoms with Gasteiger partial charge in [0.1, 0.15) is 0 Å². The lowest BCUT2D eigenvalue weighted by atomic mass is 9.70. The molecule has 2 aliphatic rings. The van der Waals surface area contributed by atoms with Gasteiger partial charge >= 0.3 is 0 Å². The van der Waals surface area contributed by atoms with Gasteiger partial charge in [0, 0.05) is 27.3 Å². The molecule has 1 unspecified atom stereocenters. The molecule has 0 bridgehead atoms. The van der Waals surface area contributed by atoms with E-state index in [1.165, 1.54) is 60.5 Å². The minimum atomic E-state index is -0.464. The first-order valence-corrected chi connectivity index (χ1v) is 19.0. The first-order chi connectivity index (χ1) is 25.6. The molecule has 1 atom stereocenters. The summed E-state index contributed by atoms with van der Waals surface area (Å²) < 4.78 is 0. The zero-order valence-corrected chi connectivity index (χ0v) is 30.1. The second-order valence-corrected chi connectivity index (χ2v) is 14.3. The Bertz CT molecular complexity index is 2560. The highest BCUT2D eigenvalue weighted by Gasteiger charge is 2.52. The average molecular weight is 684 g/mol. The van der Waals surface area contributed by atoms with Crippen LogP contribution in [0.15, 0.2) is 192 Å². The van der Waals surface area contributed by atoms with Crippen LogP contribution in [0.1, 0.15) is 45.9 Å². The van der Waals surface area contributed by atoms with Crippen LogP contribution in [0.2, 0.25) is 0 Å². The minimum absolute atomic E-state index is 0.464. The topological polar surface area (TPSA) is 12.4 Å². The molecular formula is C50H37NS. The van der Waals surface area contributed by atoms with E-state index in [2.05, 4.69) is 184 Å². The smallest absolute Gasteiger partial charge is 0.0726 e. The SMILES string of the molecule is C=C(/C=C(\N=C(C)c1cccc2c1-c1ccccc1C21c2ccccc2-c2c1ccc(SC)c2-c1ccccc1)c1ccccc1)c1ccccc1. The van der Waals surface area contributed by atoms with Crippen molar-refractivity contribution in [3.63, 3.8) is 0 Å². The third-order valence-corrected chi connectivity index (χ3v) is 11.5. The Morgan fingerprint density at radius 2 is 1.08 bits per heavy atom. The Morgan fingerprint density at radius 3 is 1.73 bits per heavy atom. The van der Waals surface area contributed by atoms with Gasteiger partial charge in [-0.25, -0.2) is 0 Å². The fraction of sp³-hybridized carbons (Fsp3) is 0.0600. The van der Waals surface area contributed by atoms with E-state index in [9.17, 15) is 0 Å². The molecule has 7 aromatic carbocycles. The van der Waals surface area contributed by atoms with Crippen LogP contribution in [-0.4, -0.2) is 12.0 Å². The minimum Gasteiger partial charge on any atom is -0.252 e. The zero-order valence-electron chi connectivity index (χ0n) is 29.3. The summed E-state index contributed by atoms with van der Waals surface area (Å²) in [5.41, 5.74) is 18.6. The first kappa shape index (κ1) is 32.0. The van der Waals surface area contributed by atoms with Crippen LogP contribution < -0.4 is 0 Å². The number of thioether (sulfide) groups is 1. The summed E-state index contributed by atoms with van der Waals surface area (Å²) in [6, 6.07) is 61.4. The number of benzene rings is 7. The van der Waals surface area contributed by atoms with Crippen LogP contribution >= 0.6 is 11.8 Å². The van der Waals surface area contributed by atoms with Gasteiger partial charge in [-0.15, -0.1) is 11.8 Å². The van der Waals surface area contributed by atoms with Crippen molar-refractivity contribution in [2.45, 2.75) is 17.2 Å². The van der Waals surface area contributed by atoms with Crippen molar-refractivity contribution in [3.05, 3.63) is 221 Å². The lowest BCUT2D eigenvalue weighted by molar-refractivity contribution is 0.793. The van der Waals surface area contributed by atoms with Crippen molar-refractivity contribution in [3.8, 4) is 33.4 Å². The molecule has 2 aliphatic carbocycles. The van der Waals surface area contributed by atoms with Crippen LogP contribution in [-0.2, 0) is 5.41 Å². The summed E-state index contributed by atoms with van der Waals surface area (Å²) in [6.07, 6.45) is 4.30. The van der Waals surface area contributed by atoms with E-state index in [0.29, 0.717) is 0 Å². The second kappa shape index (κ2) is 13.0. The van der Waals surface area contributed by atoms with Gasteiger partial charge < -0.3 is 0 Å². The molecule has 1 nitrogen and oxygen atoms in total. The number of hydrogen-bond donors (Lipinski definition) is 0. The normalized spacial score (nSPS) is 15.6. The zero-order chi connectivity index (χ0) is 35.2. The van der Waals surface area contributed by atoms with E-state index < -0.39 is 5.41 Å². The van der Waals surface area contributed by atoms with E-state index in [-0.39, 0.29) is 0 Å². The van der Waals surface area contributed by atoms with Gasteiger partial charge in [0.2, 0.25) is 0 Å². The van der Waals surface area contributed by atoms with Gasteiger partial charge in [-0.2, -0.15) is 0 Å². The Labute approximate surface area is 310 Å². The molecule has 0 aromatic heterocycles. The summed E-state index contributed by atoms with van der Waals surface area (Å²) in [5.74, 6) is 0. The molecule has 0 amide bonds. The molecule has 0 fully saturated rings. The number of nitrogens with zero attached hydrogens (tertiary/aromatic N) is 1. The Balaban J connectivity index is 1.30. The molecule has 52 heavy (non-hydrogen) atoms. The molecule has 7 aromatic rings. The Morgan fingerprint density at radius 1 is 0.538 bits per heavy atom. The molecule has 248 valence electrons. The van der Waals surface area contributed by atoms with E-state index >= 15 is 0 Å². The molecule has 2 heteroatoms. The van der Waals surface area contributed by atoms with Gasteiger partial charge in [0.15, 0.2) is 0 Å². The van der Waals surface area contributed by atoms with Gasteiger partial charge in [-0.05, 0) is 86.5 Å². The Kier molecular flexibility index (Phi) is 7.98. The predicted molar refractivity (Wildman–Crippen MR) is 222 cm³/mol. The van der Waals surface area contributed by atoms with Gasteiger partial charge in [0.05, 0.1) is 11.1 Å². The summed E-state index contributed by atoms with van der Waals surface area (Å²) >= 11 is 1.82. The van der Waals surface area contributed by atoms with Crippen LogP contribution in [0.4, 0.5) is 0 Å². The van der Waals surface area contributed by atoms with Gasteiger partial charge in [-0.1, -0.05) is 170 Å². The van der Waals surface area contributed by atoms with Crippen molar-refractivity contribution in [2.24, 2.45) is 4.99 Å². The molecule has 9 rings (SSSR count). The van der Waals surface area contributed by atoms with E-state index in [0.717, 1.165) is 33.7 Å². The lowest BCUT2D eigenvalue weighted by Gasteiger charge is -2.31. The van der Waals surface area contributed by atoms with Crippen LogP contribution in [0.25, 0.3) is 44.7 Å². The van der Waals surface area contributed by atoms with Crippen molar-refractivity contribution >= 4 is 28.7 Å². The number of fused-ring (bicyclic) bond motifs is 10. The number of aliphatic imine (C=N–C) groups is 1. The van der Waals surface area contributed by atoms with Crippen LogP contribution in [0.5, 0.6) is 0 Å². The average Bonchev–Trinajstić information content (AvgIpc) is 3.68. The largest absolute Gasteiger partial charge is 0.252 e. The lowest BCUT2D eigenvalue weighted by Crippen LogP contribution is -2.26. The van der Waals surface area contributed by atoms with Crippen molar-refractivity contribution in [1.29, 1.82) is 0 Å². The number of hydrogen-bond acceptors (Lipinski definition) is 2. The van der Waals surface area contributed by atoms with E-state index in [1.807, 2.05) is 23.9 Å². The quantitative estimate of drug-likeness (QED) is 0.0925. The molecule has 1 spiro atoms. The van der Waals surface area contributed by atoms with E-state index in [4.69, 9.17) is 4.99 Å². The summed E-state index contributed by atoms with van der Waals surface area (Å²) in [4.78, 5) is 6.72. The monoisotopic (exact) mass is 683 g/mol. The maximum atomic E-state index is 5.43. The maximum Gasteiger partial charge on any atom is 0.0726 e. The highest BCUT2D eigenvalue weighted by Crippen LogP contribution is 2.65. The van der Waals surface area contributed by atoms with Crippen molar-refractivity contribution in [2.75, 3.05) is 6.26 Å². The molecule has 0 saturated carbocycles. The van der Waals surface area contributed by atoms with Gasteiger partial charge in [0.25, 0.3) is 0 Å². The van der Waals surface area contributed by atoms with Crippen LogP contribution in [0.3, 0.4) is 0 Å². The highest BCUT2D eigenvalue weighted by molar-refractivity contribution is 7.98. The number of rotatable bonds is 7. The second-order valence-electron chi connectivity index (χ2n) is 13.5. The fourth-order valence-electron chi connectivity index (χ4n) is 8.55. The third kappa shape index (κ3) is 4.90. The summed E-state index contributed by atoms with van der Waals surface area (Å²) in [5, 5.41) is 0. The highest BCUT2D eigenvalue weighted by atomic mass is 32.2. The van der Waals surface area contributed by atoms with Crippen molar-refractivity contribution in [1.82, 2.24) is 0 Å². The van der Waals surface area contributed by atoms with E-state index in [1.54, 1.807) is 0 Å². The molecule has 0 heterocycles. The predicted octanol–water partition coefficient (Wildman–Crippen LogP) is 13.0. The maximum absolute atomic E-state index is 5.43. The fourth-order valence-corrected chi connectivity index (χ4v) is 9.18. The van der Waals surface area contributed by atoms with Gasteiger partial charge in [-0.3, -0.25) is 4.99 Å².